The van der Waals surface area contributed by atoms with Gasteiger partial charge in [0, 0.05) is 32.2 Å². The average Bonchev–Trinajstić information content (AvgIpc) is 2.88. The largest absolute Gasteiger partial charge is 0.494 e. The van der Waals surface area contributed by atoms with E-state index in [1.165, 1.54) is 4.90 Å². The summed E-state index contributed by atoms with van der Waals surface area (Å²) < 4.78 is 10.7. The molecule has 1 aliphatic rings. The molecule has 1 heterocycles. The van der Waals surface area contributed by atoms with Crippen LogP contribution in [0.5, 0.6) is 5.75 Å². The molecule has 35 heavy (non-hydrogen) atoms. The van der Waals surface area contributed by atoms with Gasteiger partial charge in [-0.1, -0.05) is 48.7 Å². The maximum Gasteiger partial charge on any atom is 0.294 e. The molecule has 2 aromatic rings. The minimum absolute atomic E-state index is 0.121. The van der Waals surface area contributed by atoms with Gasteiger partial charge in [0.15, 0.2) is 6.73 Å². The van der Waals surface area contributed by atoms with Crippen molar-refractivity contribution in [1.82, 2.24) is 4.90 Å². The van der Waals surface area contributed by atoms with Gasteiger partial charge < -0.3 is 14.4 Å². The standard InChI is InChI=1S/C26H33Cl2N3O4/c1-2-6-21-9-10-22(17-25(21)31(18-32)19-34-20-33)35-16-4-3-11-29-12-14-30(15-13-29)24-8-5-7-23(27)26(24)28/h5,7-10,17-18,20H,2-4,6,11-16,19H2,1H3. The molecule has 190 valence electrons. The summed E-state index contributed by atoms with van der Waals surface area (Å²) >= 11 is 12.5. The Labute approximate surface area is 217 Å². The Kier molecular flexibility index (Phi) is 11.0. The third-order valence-corrected chi connectivity index (χ3v) is 6.88. The molecule has 0 atom stereocenters. The average molecular weight is 522 g/mol. The number of amides is 1. The van der Waals surface area contributed by atoms with Crippen molar-refractivity contribution >= 4 is 47.5 Å². The predicted octanol–water partition coefficient (Wildman–Crippen LogP) is 5.02. The van der Waals surface area contributed by atoms with Crippen molar-refractivity contribution in [3.05, 3.63) is 52.0 Å². The van der Waals surface area contributed by atoms with Crippen LogP contribution in [0.25, 0.3) is 0 Å². The summed E-state index contributed by atoms with van der Waals surface area (Å²) in [7, 11) is 0. The molecule has 1 aliphatic heterocycles. The molecule has 1 fully saturated rings. The molecule has 0 bridgehead atoms. The van der Waals surface area contributed by atoms with Crippen LogP contribution in [0, 0.1) is 0 Å². The van der Waals surface area contributed by atoms with Crippen molar-refractivity contribution in [2.45, 2.75) is 32.6 Å². The molecule has 0 saturated carbocycles. The third-order valence-electron chi connectivity index (χ3n) is 6.08. The zero-order chi connectivity index (χ0) is 25.0. The van der Waals surface area contributed by atoms with Crippen molar-refractivity contribution in [3.63, 3.8) is 0 Å². The van der Waals surface area contributed by atoms with Crippen LogP contribution in [0.4, 0.5) is 11.4 Å². The van der Waals surface area contributed by atoms with Crippen LogP contribution in [0.3, 0.4) is 0 Å². The number of rotatable bonds is 14. The Balaban J connectivity index is 1.43. The molecule has 0 radical (unpaired) electrons. The van der Waals surface area contributed by atoms with Gasteiger partial charge in [-0.2, -0.15) is 0 Å². The number of benzene rings is 2. The van der Waals surface area contributed by atoms with Gasteiger partial charge in [-0.05, 0) is 49.6 Å². The van der Waals surface area contributed by atoms with E-state index in [1.807, 2.05) is 36.4 Å². The minimum Gasteiger partial charge on any atom is -0.494 e. The number of piperazine rings is 1. The molecule has 2 aromatic carbocycles. The predicted molar refractivity (Wildman–Crippen MR) is 141 cm³/mol. The molecule has 9 heteroatoms. The fraction of sp³-hybridized carbons (Fsp3) is 0.462. The van der Waals surface area contributed by atoms with Crippen LogP contribution in [0.1, 0.15) is 31.7 Å². The van der Waals surface area contributed by atoms with Gasteiger partial charge in [-0.25, -0.2) is 0 Å². The lowest BCUT2D eigenvalue weighted by Gasteiger charge is -2.36. The molecule has 0 unspecified atom stereocenters. The van der Waals surface area contributed by atoms with E-state index in [-0.39, 0.29) is 6.73 Å². The van der Waals surface area contributed by atoms with E-state index in [0.29, 0.717) is 41.0 Å². The number of aryl methyl sites for hydroxylation is 1. The second-order valence-corrected chi connectivity index (χ2v) is 9.25. The molecular formula is C26H33Cl2N3O4. The molecule has 1 amide bonds. The zero-order valence-corrected chi connectivity index (χ0v) is 21.6. The number of carbonyl (C=O) groups is 2. The van der Waals surface area contributed by atoms with Crippen LogP contribution in [0.2, 0.25) is 10.0 Å². The number of nitrogens with zero attached hydrogens (tertiary/aromatic N) is 3. The van der Waals surface area contributed by atoms with E-state index in [2.05, 4.69) is 16.7 Å². The number of hydrogen-bond acceptors (Lipinski definition) is 6. The van der Waals surface area contributed by atoms with Crippen molar-refractivity contribution in [1.29, 1.82) is 0 Å². The van der Waals surface area contributed by atoms with Gasteiger partial charge in [0.05, 0.1) is 28.0 Å². The maximum atomic E-state index is 11.5. The van der Waals surface area contributed by atoms with Crippen LogP contribution in [-0.2, 0) is 20.7 Å². The number of ether oxygens (including phenoxy) is 2. The Morgan fingerprint density at radius 1 is 1.06 bits per heavy atom. The number of halogens is 2. The lowest BCUT2D eigenvalue weighted by molar-refractivity contribution is -0.129. The van der Waals surface area contributed by atoms with Crippen molar-refractivity contribution in [2.24, 2.45) is 0 Å². The Morgan fingerprint density at radius 2 is 1.86 bits per heavy atom. The lowest BCUT2D eigenvalue weighted by Crippen LogP contribution is -2.46. The lowest BCUT2D eigenvalue weighted by atomic mass is 10.1. The summed E-state index contributed by atoms with van der Waals surface area (Å²) in [5, 5.41) is 1.21. The molecular weight excluding hydrogens is 489 g/mol. The van der Waals surface area contributed by atoms with E-state index in [1.54, 1.807) is 0 Å². The van der Waals surface area contributed by atoms with Crippen LogP contribution in [-0.4, -0.2) is 63.8 Å². The van der Waals surface area contributed by atoms with E-state index in [4.69, 9.17) is 32.7 Å². The summed E-state index contributed by atoms with van der Waals surface area (Å²) in [4.78, 5) is 28.2. The molecule has 3 rings (SSSR count). The van der Waals surface area contributed by atoms with Gasteiger partial charge in [0.1, 0.15) is 5.75 Å². The third kappa shape index (κ3) is 7.75. The number of hydrogen-bond donors (Lipinski definition) is 0. The highest BCUT2D eigenvalue weighted by Gasteiger charge is 2.19. The maximum absolute atomic E-state index is 11.5. The summed E-state index contributed by atoms with van der Waals surface area (Å²) in [6.45, 7) is 7.71. The highest BCUT2D eigenvalue weighted by molar-refractivity contribution is 6.43. The molecule has 7 nitrogen and oxygen atoms in total. The first kappa shape index (κ1) is 27.1. The number of carbonyl (C=O) groups excluding carboxylic acids is 2. The summed E-state index contributed by atoms with van der Waals surface area (Å²) in [6.07, 6.45) is 4.39. The number of unbranched alkanes of at least 4 members (excludes halogenated alkanes) is 1. The van der Waals surface area contributed by atoms with Crippen molar-refractivity contribution in [3.8, 4) is 5.75 Å². The van der Waals surface area contributed by atoms with E-state index in [0.717, 1.165) is 69.7 Å². The zero-order valence-electron chi connectivity index (χ0n) is 20.1. The molecule has 0 N–H and O–H groups in total. The van der Waals surface area contributed by atoms with E-state index >= 15 is 0 Å². The SMILES string of the molecule is CCCc1ccc(OCCCCN2CCN(c3cccc(Cl)c3Cl)CC2)cc1N(C=O)COC=O. The van der Waals surface area contributed by atoms with Gasteiger partial charge in [0.25, 0.3) is 6.47 Å². The van der Waals surface area contributed by atoms with Crippen molar-refractivity contribution in [2.75, 3.05) is 55.9 Å². The first-order valence-corrected chi connectivity index (χ1v) is 12.8. The first-order valence-electron chi connectivity index (χ1n) is 12.0. The second kappa shape index (κ2) is 14.2. The summed E-state index contributed by atoms with van der Waals surface area (Å²) in [6, 6.07) is 11.5. The Bertz CT molecular complexity index is 968. The highest BCUT2D eigenvalue weighted by Crippen LogP contribution is 2.33. The summed E-state index contributed by atoms with van der Waals surface area (Å²) in [5.74, 6) is 0.699. The Hall–Kier alpha value is -2.48. The minimum atomic E-state index is -0.121. The highest BCUT2D eigenvalue weighted by atomic mass is 35.5. The monoisotopic (exact) mass is 521 g/mol. The first-order chi connectivity index (χ1) is 17.1. The topological polar surface area (TPSA) is 62.3 Å². The fourth-order valence-corrected chi connectivity index (χ4v) is 4.64. The van der Waals surface area contributed by atoms with Gasteiger partial charge >= 0.3 is 0 Å². The van der Waals surface area contributed by atoms with E-state index < -0.39 is 0 Å². The molecule has 0 aromatic heterocycles. The van der Waals surface area contributed by atoms with Crippen LogP contribution in [0.15, 0.2) is 36.4 Å². The summed E-state index contributed by atoms with van der Waals surface area (Å²) in [5.41, 5.74) is 2.72. The van der Waals surface area contributed by atoms with Gasteiger partial charge in [-0.15, -0.1) is 0 Å². The van der Waals surface area contributed by atoms with Crippen LogP contribution < -0.4 is 14.5 Å². The van der Waals surface area contributed by atoms with E-state index in [9.17, 15) is 9.59 Å². The molecule has 1 saturated heterocycles. The molecule has 0 spiro atoms. The fourth-order valence-electron chi connectivity index (χ4n) is 4.23. The number of anilines is 2. The van der Waals surface area contributed by atoms with Gasteiger partial charge in [0.2, 0.25) is 6.41 Å². The van der Waals surface area contributed by atoms with Crippen LogP contribution >= 0.6 is 23.2 Å². The van der Waals surface area contributed by atoms with Crippen molar-refractivity contribution < 1.29 is 19.1 Å². The Morgan fingerprint density at radius 3 is 2.57 bits per heavy atom. The smallest absolute Gasteiger partial charge is 0.294 e. The molecule has 0 aliphatic carbocycles. The second-order valence-electron chi connectivity index (χ2n) is 8.46. The quantitative estimate of drug-likeness (QED) is 0.197. The normalized spacial score (nSPS) is 14.0. The van der Waals surface area contributed by atoms with Gasteiger partial charge in [-0.3, -0.25) is 19.4 Å².